The van der Waals surface area contributed by atoms with Gasteiger partial charge in [0.15, 0.2) is 0 Å². The molecule has 60 heavy (non-hydrogen) atoms. The van der Waals surface area contributed by atoms with Gasteiger partial charge in [-0.2, -0.15) is 0 Å². The van der Waals surface area contributed by atoms with Crippen LogP contribution in [-0.4, -0.2) is 62.8 Å². The fourth-order valence-electron chi connectivity index (χ4n) is 10.00. The molecule has 0 amide bonds. The minimum absolute atomic E-state index is 0.135. The van der Waals surface area contributed by atoms with Crippen molar-refractivity contribution >= 4 is 161 Å². The van der Waals surface area contributed by atoms with Crippen LogP contribution < -0.4 is 43.7 Å². The van der Waals surface area contributed by atoms with Crippen molar-refractivity contribution in [2.24, 2.45) is 0 Å². The first-order valence-corrected chi connectivity index (χ1v) is 19.8. The summed E-state index contributed by atoms with van der Waals surface area (Å²) in [5.41, 5.74) is 13.2. The van der Waals surface area contributed by atoms with Crippen LogP contribution in [-0.2, 0) is 5.41 Å². The van der Waals surface area contributed by atoms with Crippen molar-refractivity contribution in [2.45, 2.75) is 19.3 Å². The first-order chi connectivity index (χ1) is 28.9. The molecule has 0 bridgehead atoms. The number of hydrogen-bond acceptors (Lipinski definition) is 1. The topological polar surface area (TPSA) is 13.1 Å². The Kier molecular flexibility index (Phi) is 8.06. The number of furan rings is 1. The summed E-state index contributed by atoms with van der Waals surface area (Å²) in [5.74, 6) is 0. The van der Waals surface area contributed by atoms with E-state index in [4.69, 9.17) is 67.2 Å². The number of hydrogen-bond donors (Lipinski definition) is 0. The van der Waals surface area contributed by atoms with Crippen molar-refractivity contribution in [2.75, 3.05) is 0 Å². The highest BCUT2D eigenvalue weighted by Gasteiger charge is 2.36. The molecule has 0 unspecified atom stereocenters. The third-order valence-corrected chi connectivity index (χ3v) is 13.1. The van der Waals surface area contributed by atoms with E-state index in [9.17, 15) is 0 Å². The fourth-order valence-corrected chi connectivity index (χ4v) is 10.00. The largest absolute Gasteiger partial charge is 0.455 e. The van der Waals surface area contributed by atoms with Crippen molar-refractivity contribution in [3.63, 3.8) is 0 Å². The summed E-state index contributed by atoms with van der Waals surface area (Å²) in [6.07, 6.45) is 0. The molecule has 0 aliphatic heterocycles. The normalized spacial score (nSPS) is 13.2. The lowest BCUT2D eigenvalue weighted by Gasteiger charge is -2.28. The molecule has 1 heterocycles. The van der Waals surface area contributed by atoms with Crippen molar-refractivity contribution < 1.29 is 4.42 Å². The molecule has 1 aliphatic rings. The van der Waals surface area contributed by atoms with Gasteiger partial charge in [0.25, 0.3) is 0 Å². The second-order valence-electron chi connectivity index (χ2n) is 16.5. The molecule has 1 aliphatic carbocycles. The fraction of sp³-hybridized carbons (Fsp3) is 0.0588. The summed E-state index contributed by atoms with van der Waals surface area (Å²) in [5, 5.41) is 6.24. The van der Waals surface area contributed by atoms with Gasteiger partial charge in [-0.3, -0.25) is 0 Å². The molecule has 9 aromatic carbocycles. The van der Waals surface area contributed by atoms with E-state index in [-0.39, 0.29) is 49.1 Å². The van der Waals surface area contributed by atoms with Crippen LogP contribution in [0.5, 0.6) is 0 Å². The zero-order chi connectivity index (χ0) is 41.5. The van der Waals surface area contributed by atoms with Crippen LogP contribution in [0.4, 0.5) is 0 Å². The molecule has 9 heteroatoms. The van der Waals surface area contributed by atoms with Gasteiger partial charge in [-0.25, -0.2) is 0 Å². The van der Waals surface area contributed by atoms with Crippen LogP contribution in [0, 0.1) is 0 Å². The van der Waals surface area contributed by atoms with E-state index in [1.165, 1.54) is 22.3 Å². The van der Waals surface area contributed by atoms with Crippen molar-refractivity contribution in [1.82, 2.24) is 0 Å². The molecule has 0 spiro atoms. The van der Waals surface area contributed by atoms with Gasteiger partial charge in [-0.05, 0) is 101 Å². The number of benzene rings is 9. The second-order valence-corrected chi connectivity index (χ2v) is 16.5. The zero-order valence-corrected chi connectivity index (χ0v) is 33.1. The van der Waals surface area contributed by atoms with Gasteiger partial charge in [0, 0.05) is 21.6 Å². The maximum atomic E-state index is 7.07. The Bertz CT molecular complexity index is 3470. The van der Waals surface area contributed by atoms with Crippen LogP contribution in [0.3, 0.4) is 0 Å². The molecule has 10 aromatic rings. The minimum Gasteiger partial charge on any atom is -0.455 e. The van der Waals surface area contributed by atoms with Crippen LogP contribution in [0.1, 0.15) is 25.0 Å². The van der Waals surface area contributed by atoms with E-state index in [0.29, 0.717) is 32.7 Å². The summed E-state index contributed by atoms with van der Waals surface area (Å²) >= 11 is 0. The molecule has 1 aromatic heterocycles. The van der Waals surface area contributed by atoms with E-state index in [2.05, 4.69) is 111 Å². The Hall–Kier alpha value is -5.92. The molecule has 16 radical (unpaired) electrons. The third kappa shape index (κ3) is 4.93. The zero-order valence-electron chi connectivity index (χ0n) is 33.1. The smallest absolute Gasteiger partial charge is 0.143 e. The van der Waals surface area contributed by atoms with Crippen molar-refractivity contribution in [3.05, 3.63) is 132 Å². The minimum atomic E-state index is -0.135. The van der Waals surface area contributed by atoms with E-state index < -0.39 is 0 Å². The van der Waals surface area contributed by atoms with Crippen molar-refractivity contribution in [1.29, 1.82) is 0 Å². The van der Waals surface area contributed by atoms with Gasteiger partial charge in [0.05, 0.1) is 0 Å². The average Bonchev–Trinajstić information content (AvgIpc) is 3.77. The molecule has 0 saturated heterocycles. The predicted molar refractivity (Wildman–Crippen MR) is 263 cm³/mol. The monoisotopic (exact) mass is 742 g/mol. The molecule has 0 atom stereocenters. The third-order valence-electron chi connectivity index (χ3n) is 13.1. The summed E-state index contributed by atoms with van der Waals surface area (Å²) in [7, 11) is 55.0. The Morgan fingerprint density at radius 1 is 0.383 bits per heavy atom. The summed E-state index contributed by atoms with van der Waals surface area (Å²) in [4.78, 5) is 0. The predicted octanol–water partition coefficient (Wildman–Crippen LogP) is 4.70. The van der Waals surface area contributed by atoms with Gasteiger partial charge in [0.1, 0.15) is 73.9 Å². The Balaban J connectivity index is 1.22. The molecule has 0 saturated carbocycles. The standard InChI is InChI=1S/C51H26B8O/c1-51(2)32-12-6-5-10-30(32)37-27(11-7-13-33(37)51)24-14-16-25(17-15-24)35-38-40(44(54)48(58)46(56)42(38)52)36(41-39(35)43(53)47(57)49(59)45(41)55)26-19-21-34-31(22-26)29-20-18-23-8-3-4-9-28(23)50(29)60-34/h3-22H,1-2H3. The quantitative estimate of drug-likeness (QED) is 0.189. The van der Waals surface area contributed by atoms with Crippen LogP contribution >= 0.6 is 0 Å². The van der Waals surface area contributed by atoms with Crippen LogP contribution in [0.25, 0.3) is 98.8 Å². The molecule has 0 N–H and O–H groups in total. The maximum Gasteiger partial charge on any atom is 0.143 e. The molecule has 1 nitrogen and oxygen atoms in total. The maximum absolute atomic E-state index is 7.07. The lowest BCUT2D eigenvalue weighted by Crippen LogP contribution is -2.50. The second kappa shape index (κ2) is 13.0. The Morgan fingerprint density at radius 2 is 0.900 bits per heavy atom. The first kappa shape index (κ1) is 37.1. The first-order valence-electron chi connectivity index (χ1n) is 19.8. The van der Waals surface area contributed by atoms with Gasteiger partial charge in [-0.1, -0.05) is 139 Å². The van der Waals surface area contributed by atoms with Crippen LogP contribution in [0.2, 0.25) is 0 Å². The van der Waals surface area contributed by atoms with E-state index in [0.717, 1.165) is 55.0 Å². The molecular weight excluding hydrogens is 715 g/mol. The van der Waals surface area contributed by atoms with Gasteiger partial charge < -0.3 is 4.42 Å². The summed E-state index contributed by atoms with van der Waals surface area (Å²) < 4.78 is 6.49. The highest BCUT2D eigenvalue weighted by molar-refractivity contribution is 6.71. The number of rotatable bonds is 3. The van der Waals surface area contributed by atoms with Crippen LogP contribution in [0.15, 0.2) is 126 Å². The van der Waals surface area contributed by atoms with E-state index in [1.807, 2.05) is 24.3 Å². The molecule has 260 valence electrons. The molecular formula is C51H26B8O. The van der Waals surface area contributed by atoms with E-state index in [1.54, 1.807) is 0 Å². The van der Waals surface area contributed by atoms with Gasteiger partial charge in [-0.15, -0.1) is 21.9 Å². The van der Waals surface area contributed by atoms with E-state index >= 15 is 0 Å². The average molecular weight is 741 g/mol. The highest BCUT2D eigenvalue weighted by atomic mass is 16.3. The molecule has 11 rings (SSSR count). The SMILES string of the molecule is [B]c1c([B])c([B])c2c(-c3ccc4oc5c6ccccc6ccc5c4c3)c3c([B])c([B])c([B])c([B])c3c(-c3ccc(-c4cccc5c4-c4ccccc4C5(C)C)cc3)c2c1[B]. The van der Waals surface area contributed by atoms with Gasteiger partial charge >= 0.3 is 0 Å². The summed E-state index contributed by atoms with van der Waals surface area (Å²) in [6, 6.07) is 41.9. The highest BCUT2D eigenvalue weighted by Crippen LogP contribution is 2.52. The summed E-state index contributed by atoms with van der Waals surface area (Å²) in [6.45, 7) is 4.57. The number of fused-ring (bicyclic) bond motifs is 10. The molecule has 0 fully saturated rings. The Morgan fingerprint density at radius 3 is 1.55 bits per heavy atom. The lowest BCUT2D eigenvalue weighted by molar-refractivity contribution is 0.660. The Labute approximate surface area is 359 Å². The van der Waals surface area contributed by atoms with Gasteiger partial charge in [0.2, 0.25) is 0 Å². The lowest BCUT2D eigenvalue weighted by atomic mass is 9.59. The van der Waals surface area contributed by atoms with Crippen molar-refractivity contribution in [3.8, 4) is 44.5 Å².